The van der Waals surface area contributed by atoms with Gasteiger partial charge in [-0.1, -0.05) is 42.5 Å². The van der Waals surface area contributed by atoms with Gasteiger partial charge in [-0.15, -0.1) is 0 Å². The summed E-state index contributed by atoms with van der Waals surface area (Å²) in [7, 11) is 5.74. The summed E-state index contributed by atoms with van der Waals surface area (Å²) in [6.07, 6.45) is 2.18. The number of nitrogens with zero attached hydrogens (tertiary/aromatic N) is 3. The molecule has 0 unspecified atom stereocenters. The Morgan fingerprint density at radius 2 is 1.86 bits per heavy atom. The van der Waals surface area contributed by atoms with Crippen molar-refractivity contribution in [1.82, 2.24) is 9.88 Å². The summed E-state index contributed by atoms with van der Waals surface area (Å²) >= 11 is 1.60. The number of fused-ring (bicyclic) bond motifs is 1. The summed E-state index contributed by atoms with van der Waals surface area (Å²) in [5.74, 6) is 0.869. The number of anilines is 1. The van der Waals surface area contributed by atoms with E-state index in [4.69, 9.17) is 9.72 Å². The van der Waals surface area contributed by atoms with Gasteiger partial charge in [0.15, 0.2) is 5.13 Å². The second-order valence-electron chi connectivity index (χ2n) is 7.34. The zero-order valence-corrected chi connectivity index (χ0v) is 18.5. The molecule has 0 aliphatic carbocycles. The minimum atomic E-state index is 0.0750. The molecule has 1 aromatic heterocycles. The van der Waals surface area contributed by atoms with Gasteiger partial charge in [-0.3, -0.25) is 9.69 Å². The van der Waals surface area contributed by atoms with Crippen molar-refractivity contribution in [2.24, 2.45) is 0 Å². The molecule has 3 aromatic rings. The van der Waals surface area contributed by atoms with E-state index in [1.165, 1.54) is 5.56 Å². The van der Waals surface area contributed by atoms with E-state index in [9.17, 15) is 4.79 Å². The van der Waals surface area contributed by atoms with Crippen molar-refractivity contribution < 1.29 is 9.53 Å². The first-order valence-electron chi connectivity index (χ1n) is 9.98. The van der Waals surface area contributed by atoms with Crippen molar-refractivity contribution >= 4 is 32.6 Å². The Morgan fingerprint density at radius 3 is 2.52 bits per heavy atom. The average Bonchev–Trinajstić information content (AvgIpc) is 3.15. The first-order valence-corrected chi connectivity index (χ1v) is 10.8. The van der Waals surface area contributed by atoms with Crippen LogP contribution >= 0.6 is 11.3 Å². The number of para-hydroxylation sites is 1. The van der Waals surface area contributed by atoms with Crippen molar-refractivity contribution in [3.8, 4) is 5.75 Å². The lowest BCUT2D eigenvalue weighted by Crippen LogP contribution is -2.34. The van der Waals surface area contributed by atoms with Gasteiger partial charge in [0.05, 0.1) is 23.7 Å². The molecule has 2 aromatic carbocycles. The zero-order valence-electron chi connectivity index (χ0n) is 17.6. The molecule has 0 N–H and O–H groups in total. The molecule has 154 valence electrons. The summed E-state index contributed by atoms with van der Waals surface area (Å²) in [5.41, 5.74) is 3.22. The van der Waals surface area contributed by atoms with Crippen LogP contribution in [0.4, 0.5) is 5.13 Å². The lowest BCUT2D eigenvalue weighted by Gasteiger charge is -2.21. The van der Waals surface area contributed by atoms with Crippen molar-refractivity contribution in [2.45, 2.75) is 26.2 Å². The number of thiazole rings is 1. The van der Waals surface area contributed by atoms with Gasteiger partial charge in [0.25, 0.3) is 0 Å². The van der Waals surface area contributed by atoms with Crippen LogP contribution in [0.2, 0.25) is 0 Å². The summed E-state index contributed by atoms with van der Waals surface area (Å²) in [6, 6.07) is 13.9. The molecule has 5 nitrogen and oxygen atoms in total. The SMILES string of the molecule is CCc1cccc2sc(N(CCCN(C)C)C(=O)Cc3ccc(OC)cc3)nc12. The first kappa shape index (κ1) is 21.3. The summed E-state index contributed by atoms with van der Waals surface area (Å²) in [6.45, 7) is 3.73. The molecule has 1 amide bonds. The van der Waals surface area contributed by atoms with E-state index in [1.54, 1.807) is 18.4 Å². The van der Waals surface area contributed by atoms with E-state index in [0.29, 0.717) is 13.0 Å². The van der Waals surface area contributed by atoms with Crippen molar-refractivity contribution in [3.05, 3.63) is 53.6 Å². The lowest BCUT2D eigenvalue weighted by molar-refractivity contribution is -0.118. The number of amides is 1. The van der Waals surface area contributed by atoms with E-state index >= 15 is 0 Å². The van der Waals surface area contributed by atoms with E-state index in [0.717, 1.165) is 46.0 Å². The van der Waals surface area contributed by atoms with Gasteiger partial charge >= 0.3 is 0 Å². The normalized spacial score (nSPS) is 11.2. The first-order chi connectivity index (χ1) is 14.0. The van der Waals surface area contributed by atoms with Crippen molar-refractivity contribution in [1.29, 1.82) is 0 Å². The van der Waals surface area contributed by atoms with E-state index < -0.39 is 0 Å². The van der Waals surface area contributed by atoms with Crippen LogP contribution in [0.1, 0.15) is 24.5 Å². The highest BCUT2D eigenvalue weighted by molar-refractivity contribution is 7.22. The predicted octanol–water partition coefficient (Wildman–Crippen LogP) is 4.39. The van der Waals surface area contributed by atoms with E-state index in [2.05, 4.69) is 44.1 Å². The molecule has 3 rings (SSSR count). The number of hydrogen-bond acceptors (Lipinski definition) is 5. The third-order valence-electron chi connectivity index (χ3n) is 4.91. The van der Waals surface area contributed by atoms with Gasteiger partial charge in [0.2, 0.25) is 5.91 Å². The Balaban J connectivity index is 1.85. The smallest absolute Gasteiger partial charge is 0.233 e. The molecule has 0 aliphatic heterocycles. The number of benzene rings is 2. The van der Waals surface area contributed by atoms with Crippen LogP contribution in [0, 0.1) is 0 Å². The number of carbonyl (C=O) groups excluding carboxylic acids is 1. The third kappa shape index (κ3) is 5.34. The van der Waals surface area contributed by atoms with Gasteiger partial charge < -0.3 is 9.64 Å². The molecule has 1 heterocycles. The molecule has 0 saturated carbocycles. The molecule has 0 atom stereocenters. The second kappa shape index (κ2) is 9.85. The molecule has 0 saturated heterocycles. The minimum absolute atomic E-state index is 0.0750. The van der Waals surface area contributed by atoms with Crippen LogP contribution in [0.5, 0.6) is 5.75 Å². The lowest BCUT2D eigenvalue weighted by atomic mass is 10.1. The summed E-state index contributed by atoms with van der Waals surface area (Å²) in [4.78, 5) is 22.1. The monoisotopic (exact) mass is 411 g/mol. The zero-order chi connectivity index (χ0) is 20.8. The number of methoxy groups -OCH3 is 1. The highest BCUT2D eigenvalue weighted by atomic mass is 32.1. The maximum absolute atomic E-state index is 13.2. The number of hydrogen-bond donors (Lipinski definition) is 0. The molecule has 0 spiro atoms. The molecule has 6 heteroatoms. The molecule has 0 radical (unpaired) electrons. The van der Waals surface area contributed by atoms with Gasteiger partial charge in [-0.2, -0.15) is 0 Å². The largest absolute Gasteiger partial charge is 0.497 e. The highest BCUT2D eigenvalue weighted by Gasteiger charge is 2.20. The Labute approximate surface area is 176 Å². The Kier molecular flexibility index (Phi) is 7.23. The topological polar surface area (TPSA) is 45.7 Å². The maximum Gasteiger partial charge on any atom is 0.233 e. The number of rotatable bonds is 9. The average molecular weight is 412 g/mol. The van der Waals surface area contributed by atoms with Gasteiger partial charge in [-0.25, -0.2) is 4.98 Å². The van der Waals surface area contributed by atoms with Crippen LogP contribution in [-0.2, 0) is 17.6 Å². The maximum atomic E-state index is 13.2. The van der Waals surface area contributed by atoms with Gasteiger partial charge in [0, 0.05) is 6.54 Å². The Morgan fingerprint density at radius 1 is 1.10 bits per heavy atom. The van der Waals surface area contributed by atoms with E-state index in [1.807, 2.05) is 29.2 Å². The minimum Gasteiger partial charge on any atom is -0.497 e. The third-order valence-corrected chi connectivity index (χ3v) is 5.95. The summed E-state index contributed by atoms with van der Waals surface area (Å²) < 4.78 is 6.35. The fraction of sp³-hybridized carbons (Fsp3) is 0.391. The van der Waals surface area contributed by atoms with Crippen LogP contribution in [0.3, 0.4) is 0 Å². The fourth-order valence-electron chi connectivity index (χ4n) is 3.28. The fourth-order valence-corrected chi connectivity index (χ4v) is 4.34. The van der Waals surface area contributed by atoms with Gasteiger partial charge in [0.1, 0.15) is 5.75 Å². The molecule has 0 aliphatic rings. The molecule has 0 bridgehead atoms. The predicted molar refractivity (Wildman–Crippen MR) is 121 cm³/mol. The Bertz CT molecular complexity index is 950. The molecular weight excluding hydrogens is 382 g/mol. The summed E-state index contributed by atoms with van der Waals surface area (Å²) in [5, 5.41) is 0.790. The number of aromatic nitrogens is 1. The van der Waals surface area contributed by atoms with Crippen molar-refractivity contribution in [2.75, 3.05) is 39.2 Å². The number of ether oxygens (including phenoxy) is 1. The number of aryl methyl sites for hydroxylation is 1. The molecular formula is C23H29N3O2S. The second-order valence-corrected chi connectivity index (χ2v) is 8.35. The number of carbonyl (C=O) groups is 1. The van der Waals surface area contributed by atoms with Gasteiger partial charge in [-0.05, 0) is 62.8 Å². The molecule has 29 heavy (non-hydrogen) atoms. The molecule has 0 fully saturated rings. The quantitative estimate of drug-likeness (QED) is 0.524. The van der Waals surface area contributed by atoms with Crippen molar-refractivity contribution in [3.63, 3.8) is 0 Å². The highest BCUT2D eigenvalue weighted by Crippen LogP contribution is 2.31. The van der Waals surface area contributed by atoms with Crippen LogP contribution in [0.15, 0.2) is 42.5 Å². The van der Waals surface area contributed by atoms with E-state index in [-0.39, 0.29) is 5.91 Å². The standard InChI is InChI=1S/C23H29N3O2S/c1-5-18-8-6-9-20-22(18)24-23(29-20)26(15-7-14-25(2)3)21(27)16-17-10-12-19(28-4)13-11-17/h6,8-13H,5,7,14-16H2,1-4H3. The van der Waals surface area contributed by atoms with Crippen LogP contribution < -0.4 is 9.64 Å². The van der Waals surface area contributed by atoms with Crippen LogP contribution in [-0.4, -0.2) is 50.1 Å². The Hall–Kier alpha value is -2.44. The van der Waals surface area contributed by atoms with Crippen LogP contribution in [0.25, 0.3) is 10.2 Å².